The number of benzene rings is 1. The predicted octanol–water partition coefficient (Wildman–Crippen LogP) is 1.38. The average Bonchev–Trinajstić information content (AvgIpc) is 3.17. The van der Waals surface area contributed by atoms with Crippen LogP contribution in [0, 0.1) is 0 Å². The molecule has 2 amide bonds. The highest BCUT2D eigenvalue weighted by Gasteiger charge is 2.33. The zero-order valence-electron chi connectivity index (χ0n) is 14.7. The summed E-state index contributed by atoms with van der Waals surface area (Å²) in [6.07, 6.45) is 5.56. The van der Waals surface area contributed by atoms with Gasteiger partial charge in [0.15, 0.2) is 0 Å². The number of hydrogen-bond acceptors (Lipinski definition) is 4. The molecule has 0 spiro atoms. The number of allylic oxidation sites excluding steroid dienone is 1. The number of carbonyl (C=O) groups is 3. The minimum atomic E-state index is -1.24. The van der Waals surface area contributed by atoms with Gasteiger partial charge in [0.2, 0.25) is 0 Å². The van der Waals surface area contributed by atoms with Crippen molar-refractivity contribution in [2.24, 2.45) is 0 Å². The highest BCUT2D eigenvalue weighted by Crippen LogP contribution is 2.28. The van der Waals surface area contributed by atoms with Crippen molar-refractivity contribution < 1.29 is 19.5 Å². The number of rotatable bonds is 4. The molecule has 2 fully saturated rings. The monoisotopic (exact) mass is 355 g/mol. The molecule has 1 aliphatic carbocycles. The van der Waals surface area contributed by atoms with Gasteiger partial charge >= 0.3 is 0 Å². The fourth-order valence-corrected chi connectivity index (χ4v) is 3.70. The number of hydrogen-bond donors (Lipinski definition) is 1. The van der Waals surface area contributed by atoms with Gasteiger partial charge in [0.25, 0.3) is 11.8 Å². The third-order valence-corrected chi connectivity index (χ3v) is 5.08. The van der Waals surface area contributed by atoms with Crippen molar-refractivity contribution >= 4 is 17.8 Å². The Bertz CT molecular complexity index is 719. The van der Waals surface area contributed by atoms with Crippen LogP contribution in [-0.2, 0) is 9.59 Å². The summed E-state index contributed by atoms with van der Waals surface area (Å²) in [5.41, 5.74) is 1.63. The van der Waals surface area contributed by atoms with E-state index in [4.69, 9.17) is 0 Å². The lowest BCUT2D eigenvalue weighted by atomic mass is 9.92. The van der Waals surface area contributed by atoms with Gasteiger partial charge in [-0.15, -0.1) is 0 Å². The Labute approximate surface area is 152 Å². The van der Waals surface area contributed by atoms with E-state index in [9.17, 15) is 19.5 Å². The van der Waals surface area contributed by atoms with E-state index in [-0.39, 0.29) is 11.6 Å². The maximum Gasteiger partial charge on any atom is 0.270 e. The molecular formula is C20H23N2O4-. The summed E-state index contributed by atoms with van der Waals surface area (Å²) < 4.78 is 0. The second kappa shape index (κ2) is 8.17. The van der Waals surface area contributed by atoms with Gasteiger partial charge in [-0.2, -0.15) is 0 Å². The van der Waals surface area contributed by atoms with Gasteiger partial charge in [-0.1, -0.05) is 24.6 Å². The third kappa shape index (κ3) is 3.95. The Morgan fingerprint density at radius 1 is 1.00 bits per heavy atom. The smallest absolute Gasteiger partial charge is 0.270 e. The maximum atomic E-state index is 13.1. The third-order valence-electron chi connectivity index (χ3n) is 5.08. The van der Waals surface area contributed by atoms with Crippen molar-refractivity contribution in [3.05, 3.63) is 47.2 Å². The molecule has 0 aromatic heterocycles. The number of nitrogens with one attached hydrogen (secondary N) is 1. The second-order valence-electron chi connectivity index (χ2n) is 6.83. The number of carbonyl (C=O) groups excluding carboxylic acids is 3. The molecule has 1 unspecified atom stereocenters. The molecule has 1 aliphatic heterocycles. The van der Waals surface area contributed by atoms with E-state index >= 15 is 0 Å². The Morgan fingerprint density at radius 2 is 1.69 bits per heavy atom. The summed E-state index contributed by atoms with van der Waals surface area (Å²) in [5, 5.41) is 14.1. The molecule has 1 N–H and O–H groups in total. The fourth-order valence-electron chi connectivity index (χ4n) is 3.70. The first kappa shape index (κ1) is 18.2. The molecule has 1 saturated carbocycles. The number of aliphatic carboxylic acids is 1. The minimum Gasteiger partial charge on any atom is -0.548 e. The lowest BCUT2D eigenvalue weighted by molar-refractivity contribution is -0.310. The van der Waals surface area contributed by atoms with Crippen LogP contribution in [0.4, 0.5) is 0 Å². The zero-order valence-corrected chi connectivity index (χ0v) is 14.7. The van der Waals surface area contributed by atoms with Gasteiger partial charge in [-0.05, 0) is 56.2 Å². The number of likely N-dealkylation sites (tertiary alicyclic amines) is 1. The van der Waals surface area contributed by atoms with E-state index in [1.54, 1.807) is 24.3 Å². The first-order valence-electron chi connectivity index (χ1n) is 9.18. The molecule has 1 heterocycles. The van der Waals surface area contributed by atoms with E-state index in [1.807, 2.05) is 6.07 Å². The molecule has 1 atom stereocenters. The number of carboxylic acid groups (broad SMARTS) is 1. The highest BCUT2D eigenvalue weighted by atomic mass is 16.4. The van der Waals surface area contributed by atoms with Crippen LogP contribution in [0.25, 0.3) is 0 Å². The number of amides is 2. The largest absolute Gasteiger partial charge is 0.548 e. The minimum absolute atomic E-state index is 0.256. The Kier molecular flexibility index (Phi) is 5.71. The summed E-state index contributed by atoms with van der Waals surface area (Å²) in [4.78, 5) is 38.4. The maximum absolute atomic E-state index is 13.1. The quantitative estimate of drug-likeness (QED) is 0.826. The molecule has 0 radical (unpaired) electrons. The lowest BCUT2D eigenvalue weighted by Crippen LogP contribution is -2.49. The molecule has 6 heteroatoms. The summed E-state index contributed by atoms with van der Waals surface area (Å²) in [7, 11) is 0. The molecule has 138 valence electrons. The topological polar surface area (TPSA) is 89.5 Å². The second-order valence-corrected chi connectivity index (χ2v) is 6.83. The SMILES string of the molecule is O=C(NC(C(=O)N1CCCC1C(=O)[O-])=C1CCCCC1)c1ccccc1. The van der Waals surface area contributed by atoms with Crippen LogP contribution in [-0.4, -0.2) is 35.3 Å². The van der Waals surface area contributed by atoms with Gasteiger partial charge in [0.05, 0.1) is 12.0 Å². The van der Waals surface area contributed by atoms with Gasteiger partial charge < -0.3 is 20.1 Å². The van der Waals surface area contributed by atoms with Gasteiger partial charge in [-0.25, -0.2) is 0 Å². The van der Waals surface area contributed by atoms with Crippen molar-refractivity contribution in [2.45, 2.75) is 51.0 Å². The molecule has 2 aliphatic rings. The van der Waals surface area contributed by atoms with Gasteiger partial charge in [-0.3, -0.25) is 9.59 Å². The first-order valence-corrected chi connectivity index (χ1v) is 9.18. The van der Waals surface area contributed by atoms with Gasteiger partial charge in [0.1, 0.15) is 5.70 Å². The van der Waals surface area contributed by atoms with E-state index in [1.165, 1.54) is 4.90 Å². The van der Waals surface area contributed by atoms with Crippen LogP contribution < -0.4 is 10.4 Å². The Balaban J connectivity index is 1.87. The molecule has 0 bridgehead atoms. The zero-order chi connectivity index (χ0) is 18.5. The van der Waals surface area contributed by atoms with Crippen molar-refractivity contribution in [2.75, 3.05) is 6.54 Å². The van der Waals surface area contributed by atoms with Crippen LogP contribution in [0.1, 0.15) is 55.3 Å². The van der Waals surface area contributed by atoms with E-state index < -0.39 is 17.9 Å². The van der Waals surface area contributed by atoms with Crippen molar-refractivity contribution in [1.29, 1.82) is 0 Å². The molecule has 1 aromatic carbocycles. The van der Waals surface area contributed by atoms with Gasteiger partial charge in [0, 0.05) is 12.1 Å². The fraction of sp³-hybridized carbons (Fsp3) is 0.450. The Hall–Kier alpha value is -2.63. The van der Waals surface area contributed by atoms with Crippen LogP contribution >= 0.6 is 0 Å². The average molecular weight is 355 g/mol. The van der Waals surface area contributed by atoms with Crippen LogP contribution in [0.15, 0.2) is 41.6 Å². The molecule has 1 saturated heterocycles. The number of nitrogens with zero attached hydrogens (tertiary/aromatic N) is 1. The normalized spacial score (nSPS) is 19.9. The summed E-state index contributed by atoms with van der Waals surface area (Å²) in [5.74, 6) is -1.99. The van der Waals surface area contributed by atoms with Crippen molar-refractivity contribution in [1.82, 2.24) is 10.2 Å². The van der Waals surface area contributed by atoms with Crippen LogP contribution in [0.5, 0.6) is 0 Å². The van der Waals surface area contributed by atoms with E-state index in [0.717, 1.165) is 37.7 Å². The summed E-state index contributed by atoms with van der Waals surface area (Å²) >= 11 is 0. The molecule has 6 nitrogen and oxygen atoms in total. The molecule has 3 rings (SSSR count). The van der Waals surface area contributed by atoms with E-state index in [2.05, 4.69) is 5.32 Å². The number of carboxylic acids is 1. The van der Waals surface area contributed by atoms with Crippen LogP contribution in [0.2, 0.25) is 0 Å². The van der Waals surface area contributed by atoms with Crippen molar-refractivity contribution in [3.63, 3.8) is 0 Å². The van der Waals surface area contributed by atoms with Crippen molar-refractivity contribution in [3.8, 4) is 0 Å². The summed E-state index contributed by atoms with van der Waals surface area (Å²) in [6.45, 7) is 0.371. The first-order chi connectivity index (χ1) is 12.6. The lowest BCUT2D eigenvalue weighted by Gasteiger charge is -2.28. The Morgan fingerprint density at radius 3 is 2.35 bits per heavy atom. The van der Waals surface area contributed by atoms with E-state index in [0.29, 0.717) is 24.9 Å². The highest BCUT2D eigenvalue weighted by molar-refractivity contribution is 6.04. The molecule has 1 aromatic rings. The van der Waals surface area contributed by atoms with Crippen LogP contribution in [0.3, 0.4) is 0 Å². The molecular weight excluding hydrogens is 332 g/mol. The summed E-state index contributed by atoms with van der Waals surface area (Å²) in [6, 6.07) is 7.78. The standard InChI is InChI=1S/C20H24N2O4/c23-18(15-10-5-2-6-11-15)21-17(14-8-3-1-4-9-14)19(24)22-13-7-12-16(22)20(25)26/h2,5-6,10-11,16H,1,3-4,7-9,12-13H2,(H,21,23)(H,25,26)/p-1. The predicted molar refractivity (Wildman–Crippen MR) is 93.8 cm³/mol. The molecule has 26 heavy (non-hydrogen) atoms.